The zero-order valence-electron chi connectivity index (χ0n) is 23.8. The number of carboxylic acid groups (broad SMARTS) is 1. The van der Waals surface area contributed by atoms with Crippen molar-refractivity contribution in [3.8, 4) is 0 Å². The number of Topliss-reactive ketones (excluding diaryl/α,β-unsaturated/α-hetero) is 1. The zero-order chi connectivity index (χ0) is 28.7. The minimum absolute atomic E-state index is 0.122. The highest BCUT2D eigenvalue weighted by Crippen LogP contribution is 2.66. The molecule has 1 amide bonds. The molecule has 3 fully saturated rings. The van der Waals surface area contributed by atoms with Crippen LogP contribution in [0.5, 0.6) is 0 Å². The van der Waals surface area contributed by atoms with Crippen molar-refractivity contribution in [2.45, 2.75) is 84.3 Å². The normalized spacial score (nSPS) is 35.4. The Hall–Kier alpha value is -3.00. The monoisotopic (exact) mass is 550 g/mol. The third kappa shape index (κ3) is 5.11. The average molecular weight is 551 g/mol. The van der Waals surface area contributed by atoms with Gasteiger partial charge in [-0.25, -0.2) is 4.79 Å². The van der Waals surface area contributed by atoms with Crippen molar-refractivity contribution in [1.82, 2.24) is 5.32 Å². The number of nitrogens with one attached hydrogen (secondary N) is 1. The number of aliphatic hydroxyl groups excluding tert-OH is 1. The summed E-state index contributed by atoms with van der Waals surface area (Å²) in [7, 11) is 0. The SMILES string of the molecule is CC(=O)[C@@H]1CC[C@@H]2[C@@H]3CCC4=CC(=NOCC(=O)N[C@H](C(=O)O)[C@H](O)c5ccccc5)CC[C@]4(C)[C@H]3CC[C@@]21C. The molecule has 1 aromatic carbocycles. The number of aliphatic hydroxyl groups is 1. The molecule has 1 aromatic rings. The lowest BCUT2D eigenvalue weighted by Crippen LogP contribution is -2.51. The van der Waals surface area contributed by atoms with Crippen LogP contribution in [-0.2, 0) is 19.2 Å². The Morgan fingerprint density at radius 2 is 1.80 bits per heavy atom. The number of amides is 1. The summed E-state index contributed by atoms with van der Waals surface area (Å²) in [5.74, 6) is 0.502. The third-order valence-electron chi connectivity index (χ3n) is 10.9. The number of hydrogen-bond acceptors (Lipinski definition) is 6. The Balaban J connectivity index is 1.20. The first-order chi connectivity index (χ1) is 19.0. The minimum Gasteiger partial charge on any atom is -0.480 e. The molecule has 8 heteroatoms. The first-order valence-electron chi connectivity index (χ1n) is 14.7. The van der Waals surface area contributed by atoms with Crippen molar-refractivity contribution >= 4 is 23.4 Å². The van der Waals surface area contributed by atoms with Crippen LogP contribution in [0.25, 0.3) is 0 Å². The smallest absolute Gasteiger partial charge is 0.329 e. The van der Waals surface area contributed by atoms with E-state index in [2.05, 4.69) is 30.4 Å². The molecule has 3 saturated carbocycles. The number of oxime groups is 1. The lowest BCUT2D eigenvalue weighted by Gasteiger charge is -2.58. The molecule has 0 bridgehead atoms. The molecule has 3 N–H and O–H groups in total. The fourth-order valence-electron chi connectivity index (χ4n) is 8.82. The van der Waals surface area contributed by atoms with E-state index in [9.17, 15) is 24.6 Å². The zero-order valence-corrected chi connectivity index (χ0v) is 23.8. The Bertz CT molecular complexity index is 1210. The molecule has 4 aliphatic rings. The van der Waals surface area contributed by atoms with Crippen LogP contribution in [-0.4, -0.2) is 46.2 Å². The maximum absolute atomic E-state index is 12.4. The molecule has 8 nitrogen and oxygen atoms in total. The van der Waals surface area contributed by atoms with Gasteiger partial charge in [0.2, 0.25) is 0 Å². The molecule has 4 aliphatic carbocycles. The molecule has 0 heterocycles. The summed E-state index contributed by atoms with van der Waals surface area (Å²) in [4.78, 5) is 41.9. The van der Waals surface area contributed by atoms with E-state index in [4.69, 9.17) is 4.84 Å². The predicted molar refractivity (Wildman–Crippen MR) is 150 cm³/mol. The molecular weight excluding hydrogens is 508 g/mol. The van der Waals surface area contributed by atoms with E-state index >= 15 is 0 Å². The van der Waals surface area contributed by atoms with Gasteiger partial charge in [-0.3, -0.25) is 9.59 Å². The number of hydrogen-bond donors (Lipinski definition) is 3. The van der Waals surface area contributed by atoms with Crippen LogP contribution < -0.4 is 5.32 Å². The number of allylic oxidation sites excluding steroid dienone is 2. The number of benzene rings is 1. The topological polar surface area (TPSA) is 125 Å². The number of rotatable bonds is 8. The average Bonchev–Trinajstić information content (AvgIpc) is 3.29. The maximum atomic E-state index is 12.4. The Morgan fingerprint density at radius 1 is 1.05 bits per heavy atom. The predicted octanol–water partition coefficient (Wildman–Crippen LogP) is 4.83. The number of aliphatic carboxylic acids is 1. The van der Waals surface area contributed by atoms with Gasteiger partial charge in [0.15, 0.2) is 12.6 Å². The molecular formula is C32H42N2O6. The van der Waals surface area contributed by atoms with Gasteiger partial charge in [0, 0.05) is 5.92 Å². The second kappa shape index (κ2) is 11.1. The summed E-state index contributed by atoms with van der Waals surface area (Å²) in [5.41, 5.74) is 2.88. The number of carbonyl (C=O) groups is 3. The van der Waals surface area contributed by atoms with E-state index in [1.165, 1.54) is 12.0 Å². The van der Waals surface area contributed by atoms with Crippen molar-refractivity contribution in [2.75, 3.05) is 6.61 Å². The van der Waals surface area contributed by atoms with Gasteiger partial charge in [-0.15, -0.1) is 0 Å². The summed E-state index contributed by atoms with van der Waals surface area (Å²) >= 11 is 0. The van der Waals surface area contributed by atoms with Crippen LogP contribution in [0.3, 0.4) is 0 Å². The fourth-order valence-corrected chi connectivity index (χ4v) is 8.82. The van der Waals surface area contributed by atoms with Gasteiger partial charge in [0.05, 0.1) is 5.71 Å². The largest absolute Gasteiger partial charge is 0.480 e. The highest BCUT2D eigenvalue weighted by Gasteiger charge is 2.59. The van der Waals surface area contributed by atoms with Gasteiger partial charge in [-0.1, -0.05) is 54.9 Å². The molecule has 8 atom stereocenters. The van der Waals surface area contributed by atoms with Gasteiger partial charge in [0.25, 0.3) is 5.91 Å². The van der Waals surface area contributed by atoms with E-state index in [1.807, 2.05) is 0 Å². The van der Waals surface area contributed by atoms with Crippen molar-refractivity contribution in [3.05, 3.63) is 47.5 Å². The highest BCUT2D eigenvalue weighted by molar-refractivity contribution is 5.96. The molecule has 0 aromatic heterocycles. The second-order valence-corrected chi connectivity index (χ2v) is 12.9. The Kier molecular flexibility index (Phi) is 7.92. The van der Waals surface area contributed by atoms with Crippen LogP contribution in [0.2, 0.25) is 0 Å². The number of nitrogens with zero attached hydrogens (tertiary/aromatic N) is 1. The molecule has 5 rings (SSSR count). The summed E-state index contributed by atoms with van der Waals surface area (Å²) in [6.07, 6.45) is 9.17. The molecule has 0 unspecified atom stereocenters. The fraction of sp³-hybridized carbons (Fsp3) is 0.625. The summed E-state index contributed by atoms with van der Waals surface area (Å²) in [6, 6.07) is 6.86. The number of carboxylic acids is 1. The lowest BCUT2D eigenvalue weighted by atomic mass is 9.46. The van der Waals surface area contributed by atoms with Crippen molar-refractivity contribution < 1.29 is 29.4 Å². The van der Waals surface area contributed by atoms with Crippen LogP contribution in [0, 0.1) is 34.5 Å². The molecule has 216 valence electrons. The van der Waals surface area contributed by atoms with E-state index in [0.29, 0.717) is 29.1 Å². The number of ketones is 1. The first-order valence-corrected chi connectivity index (χ1v) is 14.7. The highest BCUT2D eigenvalue weighted by atomic mass is 16.6. The maximum Gasteiger partial charge on any atom is 0.329 e. The van der Waals surface area contributed by atoms with Crippen molar-refractivity contribution in [1.29, 1.82) is 0 Å². The van der Waals surface area contributed by atoms with Gasteiger partial charge in [-0.2, -0.15) is 0 Å². The van der Waals surface area contributed by atoms with E-state index in [1.54, 1.807) is 37.3 Å². The molecule has 0 aliphatic heterocycles. The van der Waals surface area contributed by atoms with Gasteiger partial charge < -0.3 is 20.4 Å². The molecule has 0 saturated heterocycles. The van der Waals surface area contributed by atoms with E-state index < -0.39 is 30.6 Å². The molecule has 0 spiro atoms. The standard InChI is InChI=1S/C32H42N2O6/c1-19(35)24-11-12-25-23-10-9-21-17-22(13-15-31(21,2)26(23)14-16-32(24,25)3)34-40-18-27(36)33-28(30(38)39)29(37)20-7-5-4-6-8-20/h4-8,17,23-26,28-29,37H,9-16,18H2,1-3H3,(H,33,36)(H,38,39)/t23-,24-,25+,26-,28-,29+,31-,32+/m0/s1. The molecule has 0 radical (unpaired) electrons. The van der Waals surface area contributed by atoms with Crippen molar-refractivity contribution in [3.63, 3.8) is 0 Å². The third-order valence-corrected chi connectivity index (χ3v) is 10.9. The Morgan fingerprint density at radius 3 is 2.50 bits per heavy atom. The van der Waals surface area contributed by atoms with Gasteiger partial charge in [0.1, 0.15) is 11.9 Å². The lowest BCUT2D eigenvalue weighted by molar-refractivity contribution is -0.146. The summed E-state index contributed by atoms with van der Waals surface area (Å²) in [6.45, 7) is 6.13. The summed E-state index contributed by atoms with van der Waals surface area (Å²) in [5, 5.41) is 26.6. The van der Waals surface area contributed by atoms with E-state index in [0.717, 1.165) is 50.7 Å². The number of fused-ring (bicyclic) bond motifs is 5. The summed E-state index contributed by atoms with van der Waals surface area (Å²) < 4.78 is 0. The van der Waals surface area contributed by atoms with Gasteiger partial charge >= 0.3 is 5.97 Å². The van der Waals surface area contributed by atoms with Crippen LogP contribution in [0.4, 0.5) is 0 Å². The first kappa shape index (κ1) is 28.5. The Labute approximate surface area is 236 Å². The number of carbonyl (C=O) groups excluding carboxylic acids is 2. The minimum atomic E-state index is -1.50. The quantitative estimate of drug-likeness (QED) is 0.398. The van der Waals surface area contributed by atoms with Crippen molar-refractivity contribution in [2.24, 2.45) is 39.7 Å². The second-order valence-electron chi connectivity index (χ2n) is 12.9. The van der Waals surface area contributed by atoms with E-state index in [-0.39, 0.29) is 16.7 Å². The van der Waals surface area contributed by atoms with Gasteiger partial charge in [-0.05, 0) is 98.5 Å². The van der Waals surface area contributed by atoms with Crippen LogP contribution in [0.15, 0.2) is 47.1 Å². The molecule has 40 heavy (non-hydrogen) atoms. The van der Waals surface area contributed by atoms with Crippen LogP contribution >= 0.6 is 0 Å². The van der Waals surface area contributed by atoms with Crippen LogP contribution in [0.1, 0.15) is 83.8 Å².